The summed E-state index contributed by atoms with van der Waals surface area (Å²) in [6.07, 6.45) is -11.8. The smallest absolute Gasteiger partial charge is 0.335 e. The van der Waals surface area contributed by atoms with Gasteiger partial charge in [0, 0.05) is 6.42 Å². The number of carbonyl (C=O) groups is 1. The predicted molar refractivity (Wildman–Crippen MR) is 71.2 cm³/mol. The number of hydrogen-bond acceptors (Lipinski definition) is 9. The number of rotatable bonds is 4. The maximum atomic E-state index is 11.0. The molecule has 2 saturated heterocycles. The fourth-order valence-electron chi connectivity index (χ4n) is 2.74. The molecule has 0 radical (unpaired) electrons. The van der Waals surface area contributed by atoms with E-state index < -0.39 is 67.7 Å². The van der Waals surface area contributed by atoms with Crippen molar-refractivity contribution in [3.63, 3.8) is 0 Å². The lowest BCUT2D eigenvalue weighted by Gasteiger charge is -2.44. The molecule has 10 heteroatoms. The Bertz CT molecular complexity index is 418. The average Bonchev–Trinajstić information content (AvgIpc) is 2.48. The molecule has 6 N–H and O–H groups in total. The number of ether oxygens (including phenoxy) is 3. The van der Waals surface area contributed by atoms with Crippen LogP contribution in [0.5, 0.6) is 0 Å². The van der Waals surface area contributed by atoms with Crippen LogP contribution in [0.4, 0.5) is 0 Å². The van der Waals surface area contributed by atoms with Crippen LogP contribution < -0.4 is 0 Å². The average molecular weight is 338 g/mol. The molecule has 2 fully saturated rings. The molecule has 0 saturated carbocycles. The zero-order valence-electron chi connectivity index (χ0n) is 12.4. The lowest BCUT2D eigenvalue weighted by molar-refractivity contribution is -0.319. The zero-order valence-corrected chi connectivity index (χ0v) is 12.4. The third-order valence-electron chi connectivity index (χ3n) is 4.07. The van der Waals surface area contributed by atoms with E-state index >= 15 is 0 Å². The molecule has 0 aromatic carbocycles. The van der Waals surface area contributed by atoms with Crippen molar-refractivity contribution in [1.29, 1.82) is 0 Å². The molecule has 2 aliphatic heterocycles. The van der Waals surface area contributed by atoms with E-state index in [2.05, 4.69) is 0 Å². The minimum atomic E-state index is -1.59. The number of hydrogen-bond donors (Lipinski definition) is 6. The van der Waals surface area contributed by atoms with E-state index in [0.29, 0.717) is 0 Å². The largest absolute Gasteiger partial charge is 0.479 e. The predicted octanol–water partition coefficient (Wildman–Crippen LogP) is -3.21. The minimum absolute atomic E-state index is 0.296. The molecular formula is C13H22O10. The van der Waals surface area contributed by atoms with E-state index in [-0.39, 0.29) is 6.42 Å². The van der Waals surface area contributed by atoms with E-state index in [1.807, 2.05) is 0 Å². The summed E-state index contributed by atoms with van der Waals surface area (Å²) in [6, 6.07) is 0. The summed E-state index contributed by atoms with van der Waals surface area (Å²) in [7, 11) is 0. The number of aliphatic hydroxyl groups is 5. The van der Waals surface area contributed by atoms with Crippen LogP contribution in [0.15, 0.2) is 0 Å². The third kappa shape index (κ3) is 3.80. The number of carboxylic acids is 1. The first-order chi connectivity index (χ1) is 10.8. The Morgan fingerprint density at radius 1 is 1.13 bits per heavy atom. The fourth-order valence-corrected chi connectivity index (χ4v) is 2.74. The zero-order chi connectivity index (χ0) is 17.3. The van der Waals surface area contributed by atoms with Gasteiger partial charge in [0.05, 0.1) is 18.8 Å². The van der Waals surface area contributed by atoms with Gasteiger partial charge in [-0.05, 0) is 6.92 Å². The fraction of sp³-hybridized carbons (Fsp3) is 0.923. The summed E-state index contributed by atoms with van der Waals surface area (Å²) < 4.78 is 15.6. The van der Waals surface area contributed by atoms with Crippen LogP contribution in [0, 0.1) is 0 Å². The van der Waals surface area contributed by atoms with Gasteiger partial charge in [0.15, 0.2) is 12.4 Å². The molecule has 134 valence electrons. The summed E-state index contributed by atoms with van der Waals surface area (Å²) in [5, 5.41) is 57.8. The summed E-state index contributed by atoms with van der Waals surface area (Å²) in [4.78, 5) is 11.0. The Labute approximate surface area is 131 Å². The van der Waals surface area contributed by atoms with Crippen LogP contribution in [0.25, 0.3) is 0 Å². The molecule has 0 bridgehead atoms. The van der Waals surface area contributed by atoms with E-state index in [4.69, 9.17) is 19.3 Å². The molecule has 4 unspecified atom stereocenters. The topological polar surface area (TPSA) is 166 Å². The van der Waals surface area contributed by atoms with E-state index in [1.165, 1.54) is 6.92 Å². The van der Waals surface area contributed by atoms with Crippen molar-refractivity contribution >= 4 is 5.97 Å². The van der Waals surface area contributed by atoms with Crippen molar-refractivity contribution in [3.8, 4) is 0 Å². The van der Waals surface area contributed by atoms with Gasteiger partial charge >= 0.3 is 5.97 Å². The Kier molecular flexibility index (Phi) is 5.92. The summed E-state index contributed by atoms with van der Waals surface area (Å²) in [5.74, 6) is -1.42. The molecule has 0 aromatic heterocycles. The van der Waals surface area contributed by atoms with Crippen LogP contribution in [-0.4, -0.2) is 98.3 Å². The Hall–Kier alpha value is -0.850. The van der Waals surface area contributed by atoms with Gasteiger partial charge in [-0.3, -0.25) is 0 Å². The molecule has 10 nitrogen and oxygen atoms in total. The van der Waals surface area contributed by atoms with Crippen molar-refractivity contribution in [3.05, 3.63) is 0 Å². The first kappa shape index (κ1) is 18.5. The molecule has 0 aliphatic carbocycles. The third-order valence-corrected chi connectivity index (χ3v) is 4.07. The number of carboxylic acid groups (broad SMARTS) is 1. The number of aliphatic carboxylic acids is 1. The van der Waals surface area contributed by atoms with Crippen LogP contribution >= 0.6 is 0 Å². The summed E-state index contributed by atoms with van der Waals surface area (Å²) in [5.41, 5.74) is 0. The highest BCUT2D eigenvalue weighted by Gasteiger charge is 2.48. The lowest BCUT2D eigenvalue weighted by Crippen LogP contribution is -2.61. The highest BCUT2D eigenvalue weighted by atomic mass is 16.7. The van der Waals surface area contributed by atoms with Gasteiger partial charge in [0.25, 0.3) is 0 Å². The van der Waals surface area contributed by atoms with Crippen LogP contribution in [0.3, 0.4) is 0 Å². The highest BCUT2D eigenvalue weighted by Crippen LogP contribution is 2.28. The van der Waals surface area contributed by atoms with Gasteiger partial charge in [-0.15, -0.1) is 0 Å². The van der Waals surface area contributed by atoms with Gasteiger partial charge in [-0.1, -0.05) is 0 Å². The Morgan fingerprint density at radius 2 is 1.78 bits per heavy atom. The van der Waals surface area contributed by atoms with Crippen LogP contribution in [0.2, 0.25) is 0 Å². The van der Waals surface area contributed by atoms with Gasteiger partial charge in [-0.2, -0.15) is 0 Å². The summed E-state index contributed by atoms with van der Waals surface area (Å²) >= 11 is 0. The molecule has 0 spiro atoms. The van der Waals surface area contributed by atoms with Gasteiger partial charge in [-0.25, -0.2) is 4.79 Å². The van der Waals surface area contributed by atoms with E-state index in [0.717, 1.165) is 0 Å². The minimum Gasteiger partial charge on any atom is -0.479 e. The normalized spacial score (nSPS) is 48.2. The Morgan fingerprint density at radius 3 is 2.35 bits per heavy atom. The molecule has 9 atom stereocenters. The van der Waals surface area contributed by atoms with Crippen LogP contribution in [0.1, 0.15) is 13.3 Å². The Balaban J connectivity index is 2.10. The van der Waals surface area contributed by atoms with E-state index in [1.54, 1.807) is 0 Å². The molecule has 2 rings (SSSR count). The van der Waals surface area contributed by atoms with Crippen molar-refractivity contribution in [2.75, 3.05) is 6.61 Å². The first-order valence-electron chi connectivity index (χ1n) is 7.28. The summed E-state index contributed by atoms with van der Waals surface area (Å²) in [6.45, 7) is 1.00. The monoisotopic (exact) mass is 338 g/mol. The maximum Gasteiger partial charge on any atom is 0.335 e. The quantitative estimate of drug-likeness (QED) is 0.307. The molecule has 0 aromatic rings. The van der Waals surface area contributed by atoms with Crippen molar-refractivity contribution in [1.82, 2.24) is 0 Å². The standard InChI is InChI=1S/C13H22O10/c1-4-8(17)11(9(18)7(3-14)21-4)23-13-6(16)2-5(15)10(22-13)12(19)20/h4-11,13-18H,2-3H2,1H3,(H,19,20)/t4-,5-,6?,7?,8?,9-,10?,11+,13-/m0/s1. The molecule has 2 aliphatic rings. The van der Waals surface area contributed by atoms with Crippen LogP contribution in [-0.2, 0) is 19.0 Å². The SMILES string of the molecule is C[C@@H]1OC(CO)[C@H](O)[C@H](O[C@@H]2OC(C(=O)O)[C@@H](O)CC2O)C1O. The maximum absolute atomic E-state index is 11.0. The lowest BCUT2D eigenvalue weighted by atomic mass is 9.95. The molecule has 0 amide bonds. The second kappa shape index (κ2) is 7.36. The highest BCUT2D eigenvalue weighted by molar-refractivity contribution is 5.73. The first-order valence-corrected chi connectivity index (χ1v) is 7.28. The second-order valence-corrected chi connectivity index (χ2v) is 5.78. The van der Waals surface area contributed by atoms with Gasteiger partial charge in [0.1, 0.15) is 30.5 Å². The van der Waals surface area contributed by atoms with Crippen molar-refractivity contribution < 1.29 is 49.6 Å². The van der Waals surface area contributed by atoms with Gasteiger partial charge < -0.3 is 44.8 Å². The second-order valence-electron chi connectivity index (χ2n) is 5.78. The number of aliphatic hydroxyl groups excluding tert-OH is 5. The van der Waals surface area contributed by atoms with Gasteiger partial charge in [0.2, 0.25) is 0 Å². The van der Waals surface area contributed by atoms with Crippen molar-refractivity contribution in [2.24, 2.45) is 0 Å². The molecule has 23 heavy (non-hydrogen) atoms. The molecule has 2 heterocycles. The molecular weight excluding hydrogens is 316 g/mol. The van der Waals surface area contributed by atoms with Crippen molar-refractivity contribution in [2.45, 2.75) is 68.5 Å². The van der Waals surface area contributed by atoms with E-state index in [9.17, 15) is 30.3 Å².